The molecule has 2 fully saturated rings. The van der Waals surface area contributed by atoms with E-state index >= 15 is 0 Å². The molecule has 1 N–H and O–H groups in total. The summed E-state index contributed by atoms with van der Waals surface area (Å²) in [6.07, 6.45) is 10.5. The molecule has 1 aliphatic carbocycles. The molecule has 3 atom stereocenters. The van der Waals surface area contributed by atoms with Crippen LogP contribution >= 0.6 is 0 Å². The summed E-state index contributed by atoms with van der Waals surface area (Å²) in [5, 5.41) is 3.21. The topological polar surface area (TPSA) is 27.7 Å². The van der Waals surface area contributed by atoms with Crippen LogP contribution in [0.5, 0.6) is 0 Å². The van der Waals surface area contributed by atoms with Gasteiger partial charge in [0, 0.05) is 25.7 Å². The molecule has 2 aliphatic rings. The van der Waals surface area contributed by atoms with Gasteiger partial charge in [0.15, 0.2) is 0 Å². The van der Waals surface area contributed by atoms with Crippen LogP contribution in [0.3, 0.4) is 0 Å². The zero-order chi connectivity index (χ0) is 21.7. The lowest BCUT2D eigenvalue weighted by Crippen LogP contribution is -2.40. The summed E-state index contributed by atoms with van der Waals surface area (Å²) >= 11 is 0. The number of rotatable bonds is 13. The minimum absolute atomic E-state index is 0.269. The molecule has 0 aromatic carbocycles. The fourth-order valence-electron chi connectivity index (χ4n) is 4.37. The first-order chi connectivity index (χ1) is 13.9. The Morgan fingerprint density at radius 3 is 2.45 bits per heavy atom. The van der Waals surface area contributed by atoms with Crippen LogP contribution in [0.4, 0.5) is 0 Å². The summed E-state index contributed by atoms with van der Waals surface area (Å²) < 4.78 is 5.99. The molecule has 0 aromatic heterocycles. The molecule has 0 bridgehead atoms. The van der Waals surface area contributed by atoms with Crippen molar-refractivity contribution in [2.75, 3.05) is 53.4 Å². The van der Waals surface area contributed by atoms with E-state index in [1.54, 1.807) is 0 Å². The van der Waals surface area contributed by atoms with Crippen molar-refractivity contribution in [3.8, 4) is 0 Å². The van der Waals surface area contributed by atoms with Crippen molar-refractivity contribution in [1.82, 2.24) is 15.1 Å². The Hall–Kier alpha value is -0.160. The SMILES string of the molecule is CCC1CC(COC2(C)CC2)CCN1C.CCCC(CC)CN(CC)CCNC. The number of hydrogen-bond donors (Lipinski definition) is 1. The highest BCUT2D eigenvalue weighted by Crippen LogP contribution is 2.39. The van der Waals surface area contributed by atoms with Crippen molar-refractivity contribution in [3.05, 3.63) is 0 Å². The van der Waals surface area contributed by atoms with Gasteiger partial charge in [-0.1, -0.05) is 40.5 Å². The van der Waals surface area contributed by atoms with Crippen LogP contribution in [-0.4, -0.2) is 74.9 Å². The van der Waals surface area contributed by atoms with E-state index in [2.05, 4.69) is 56.8 Å². The van der Waals surface area contributed by atoms with Gasteiger partial charge in [-0.3, -0.25) is 0 Å². The summed E-state index contributed by atoms with van der Waals surface area (Å²) in [5.74, 6) is 1.71. The molecule has 3 unspecified atom stereocenters. The van der Waals surface area contributed by atoms with Gasteiger partial charge in [-0.2, -0.15) is 0 Å². The Bertz CT molecular complexity index is 400. The molecule has 2 rings (SSSR count). The minimum atomic E-state index is 0.269. The fourth-order valence-corrected chi connectivity index (χ4v) is 4.37. The molecule has 1 heterocycles. The third kappa shape index (κ3) is 11.1. The molecule has 174 valence electrons. The molecule has 0 aromatic rings. The van der Waals surface area contributed by atoms with Crippen LogP contribution in [-0.2, 0) is 4.74 Å². The maximum atomic E-state index is 5.99. The number of nitrogens with one attached hydrogen (secondary N) is 1. The standard InChI is InChI=1S/C13H25NO.C12H28N2/c1-4-12-9-11(5-8-14(12)3)10-15-13(2)6-7-13;1-5-8-12(6-2)11-14(7-3)10-9-13-4/h11-12H,4-10H2,1-3H3;12-13H,5-11H2,1-4H3. The van der Waals surface area contributed by atoms with Crippen molar-refractivity contribution < 1.29 is 4.74 Å². The lowest BCUT2D eigenvalue weighted by Gasteiger charge is -2.37. The van der Waals surface area contributed by atoms with Crippen LogP contribution in [0.15, 0.2) is 0 Å². The number of nitrogens with zero attached hydrogens (tertiary/aromatic N) is 2. The van der Waals surface area contributed by atoms with Gasteiger partial charge < -0.3 is 19.9 Å². The molecule has 1 aliphatic heterocycles. The Morgan fingerprint density at radius 2 is 1.93 bits per heavy atom. The Balaban J connectivity index is 0.000000291. The largest absolute Gasteiger partial charge is 0.375 e. The number of likely N-dealkylation sites (N-methyl/N-ethyl adjacent to an activating group) is 2. The van der Waals surface area contributed by atoms with Crippen molar-refractivity contribution in [2.45, 2.75) is 97.6 Å². The molecule has 0 radical (unpaired) electrons. The molecule has 4 nitrogen and oxygen atoms in total. The highest BCUT2D eigenvalue weighted by Gasteiger charge is 2.39. The molecule has 29 heavy (non-hydrogen) atoms. The maximum Gasteiger partial charge on any atom is 0.0656 e. The molecule has 1 saturated carbocycles. The summed E-state index contributed by atoms with van der Waals surface area (Å²) in [6, 6.07) is 0.791. The second-order valence-electron chi connectivity index (χ2n) is 9.75. The highest BCUT2D eigenvalue weighted by molar-refractivity contribution is 4.91. The van der Waals surface area contributed by atoms with E-state index in [1.807, 2.05) is 7.05 Å². The molecule has 1 saturated heterocycles. The summed E-state index contributed by atoms with van der Waals surface area (Å²) in [5.41, 5.74) is 0.269. The van der Waals surface area contributed by atoms with E-state index in [9.17, 15) is 0 Å². The lowest BCUT2D eigenvalue weighted by atomic mass is 9.90. The van der Waals surface area contributed by atoms with Gasteiger partial charge in [0.2, 0.25) is 0 Å². The average Bonchev–Trinajstić information content (AvgIpc) is 3.47. The van der Waals surface area contributed by atoms with Gasteiger partial charge in [-0.15, -0.1) is 0 Å². The average molecular weight is 412 g/mol. The van der Waals surface area contributed by atoms with Crippen LogP contribution in [0, 0.1) is 11.8 Å². The number of likely N-dealkylation sites (tertiary alicyclic amines) is 1. The van der Waals surface area contributed by atoms with Gasteiger partial charge in [0.05, 0.1) is 12.2 Å². The third-order valence-electron chi connectivity index (χ3n) is 7.13. The van der Waals surface area contributed by atoms with Crippen LogP contribution in [0.2, 0.25) is 0 Å². The van der Waals surface area contributed by atoms with Crippen LogP contribution in [0.1, 0.15) is 86.0 Å². The minimum Gasteiger partial charge on any atom is -0.375 e. The van der Waals surface area contributed by atoms with Crippen LogP contribution < -0.4 is 5.32 Å². The summed E-state index contributed by atoms with van der Waals surface area (Å²) in [6.45, 7) is 18.4. The Morgan fingerprint density at radius 1 is 1.21 bits per heavy atom. The summed E-state index contributed by atoms with van der Waals surface area (Å²) in [4.78, 5) is 5.07. The molecule has 0 amide bonds. The van der Waals surface area contributed by atoms with Crippen molar-refractivity contribution >= 4 is 0 Å². The second kappa shape index (κ2) is 14.8. The summed E-state index contributed by atoms with van der Waals surface area (Å²) in [7, 11) is 4.28. The second-order valence-corrected chi connectivity index (χ2v) is 9.75. The third-order valence-corrected chi connectivity index (χ3v) is 7.13. The first-order valence-corrected chi connectivity index (χ1v) is 12.6. The van der Waals surface area contributed by atoms with Crippen molar-refractivity contribution in [3.63, 3.8) is 0 Å². The van der Waals surface area contributed by atoms with Gasteiger partial charge in [-0.05, 0) is 84.5 Å². The Kier molecular flexibility index (Phi) is 13.7. The number of ether oxygens (including phenoxy) is 1. The van der Waals surface area contributed by atoms with Gasteiger partial charge in [0.1, 0.15) is 0 Å². The van der Waals surface area contributed by atoms with E-state index in [4.69, 9.17) is 4.74 Å². The maximum absolute atomic E-state index is 5.99. The smallest absolute Gasteiger partial charge is 0.0656 e. The first-order valence-electron chi connectivity index (χ1n) is 12.6. The Labute approximate surface area is 183 Å². The predicted molar refractivity (Wildman–Crippen MR) is 128 cm³/mol. The zero-order valence-corrected chi connectivity index (χ0v) is 20.9. The van der Waals surface area contributed by atoms with Gasteiger partial charge in [-0.25, -0.2) is 0 Å². The van der Waals surface area contributed by atoms with Crippen molar-refractivity contribution in [2.24, 2.45) is 11.8 Å². The van der Waals surface area contributed by atoms with Gasteiger partial charge >= 0.3 is 0 Å². The molecular formula is C25H53N3O. The van der Waals surface area contributed by atoms with E-state index in [1.165, 1.54) is 77.5 Å². The zero-order valence-electron chi connectivity index (χ0n) is 20.9. The van der Waals surface area contributed by atoms with Crippen molar-refractivity contribution in [1.29, 1.82) is 0 Å². The van der Waals surface area contributed by atoms with E-state index in [0.717, 1.165) is 31.0 Å². The monoisotopic (exact) mass is 411 g/mol. The molecule has 0 spiro atoms. The number of hydrogen-bond acceptors (Lipinski definition) is 4. The molecule has 4 heteroatoms. The molecular weight excluding hydrogens is 358 g/mol. The van der Waals surface area contributed by atoms with Gasteiger partial charge in [0.25, 0.3) is 0 Å². The predicted octanol–water partition coefficient (Wildman–Crippen LogP) is 5.03. The highest BCUT2D eigenvalue weighted by atomic mass is 16.5. The van der Waals surface area contributed by atoms with Crippen LogP contribution in [0.25, 0.3) is 0 Å². The van der Waals surface area contributed by atoms with E-state index < -0.39 is 0 Å². The quantitative estimate of drug-likeness (QED) is 0.460. The normalized spacial score (nSPS) is 24.8. The van der Waals surface area contributed by atoms with E-state index in [0.29, 0.717) is 0 Å². The van der Waals surface area contributed by atoms with E-state index in [-0.39, 0.29) is 5.60 Å². The first kappa shape index (κ1) is 26.9. The number of piperidine rings is 1. The fraction of sp³-hybridized carbons (Fsp3) is 1.00. The lowest BCUT2D eigenvalue weighted by molar-refractivity contribution is -0.00143.